The number of halogens is 1. The quantitative estimate of drug-likeness (QED) is 0.345. The molecule has 34 heavy (non-hydrogen) atoms. The minimum atomic E-state index is -0.572. The molecule has 9 nitrogen and oxygen atoms in total. The van der Waals surface area contributed by atoms with Gasteiger partial charge in [0.15, 0.2) is 17.0 Å². The number of imide groups is 1. The first-order valence-electron chi connectivity index (χ1n) is 10.7. The lowest BCUT2D eigenvalue weighted by Crippen LogP contribution is -2.38. The van der Waals surface area contributed by atoms with E-state index in [4.69, 9.17) is 16.3 Å². The maximum Gasteiger partial charge on any atom is 0.266 e. The Labute approximate surface area is 199 Å². The van der Waals surface area contributed by atoms with Gasteiger partial charge in [0.25, 0.3) is 11.8 Å². The lowest BCUT2D eigenvalue weighted by molar-refractivity contribution is -0.0207. The Bertz CT molecular complexity index is 1290. The summed E-state index contributed by atoms with van der Waals surface area (Å²) in [6, 6.07) is 16.9. The summed E-state index contributed by atoms with van der Waals surface area (Å²) in [4.78, 5) is 41.1. The molecular weight excluding hydrogens is 458 g/mol. The number of carbonyl (C=O) groups excluding carboxylic acids is 2. The van der Waals surface area contributed by atoms with E-state index < -0.39 is 18.0 Å². The topological polar surface area (TPSA) is 110 Å². The van der Waals surface area contributed by atoms with E-state index >= 15 is 0 Å². The number of imidazole rings is 1. The monoisotopic (exact) mass is 477 g/mol. The lowest BCUT2D eigenvalue weighted by atomic mass is 10.1. The number of hydrogen-bond acceptors (Lipinski definition) is 7. The number of carbonyl (C=O) groups is 2. The molecule has 5 rings (SSSR count). The molecule has 172 valence electrons. The van der Waals surface area contributed by atoms with E-state index in [0.29, 0.717) is 29.6 Å². The van der Waals surface area contributed by atoms with Crippen LogP contribution in [-0.4, -0.2) is 49.2 Å². The van der Waals surface area contributed by atoms with E-state index in [1.54, 1.807) is 65.2 Å². The van der Waals surface area contributed by atoms with Crippen LogP contribution >= 0.6 is 11.6 Å². The van der Waals surface area contributed by atoms with Crippen LogP contribution < -0.4 is 4.90 Å². The normalized spacial score (nSPS) is 17.7. The van der Waals surface area contributed by atoms with Crippen LogP contribution in [0.2, 0.25) is 5.28 Å². The van der Waals surface area contributed by atoms with Crippen molar-refractivity contribution in [3.05, 3.63) is 83.4 Å². The van der Waals surface area contributed by atoms with E-state index in [1.807, 2.05) is 0 Å². The fraction of sp³-hybridized carbons (Fsp3) is 0.208. The van der Waals surface area contributed by atoms with Gasteiger partial charge in [0.2, 0.25) is 5.28 Å². The number of hydrogen-bond donors (Lipinski definition) is 1. The van der Waals surface area contributed by atoms with E-state index in [2.05, 4.69) is 15.0 Å². The van der Waals surface area contributed by atoms with Crippen molar-refractivity contribution in [2.75, 3.05) is 11.5 Å². The highest BCUT2D eigenvalue weighted by molar-refractivity contribution is 6.30. The van der Waals surface area contributed by atoms with E-state index in [1.165, 1.54) is 6.33 Å². The Balaban J connectivity index is 1.65. The van der Waals surface area contributed by atoms with E-state index in [9.17, 15) is 14.7 Å². The summed E-state index contributed by atoms with van der Waals surface area (Å²) < 4.78 is 7.54. The second kappa shape index (κ2) is 9.30. The zero-order valence-electron chi connectivity index (χ0n) is 17.9. The fourth-order valence-corrected chi connectivity index (χ4v) is 4.13. The van der Waals surface area contributed by atoms with Gasteiger partial charge in [-0.25, -0.2) is 9.88 Å². The average Bonchev–Trinajstić information content (AvgIpc) is 3.52. The molecule has 1 N–H and O–H groups in total. The van der Waals surface area contributed by atoms with Crippen LogP contribution in [0.15, 0.2) is 67.0 Å². The number of aromatic nitrogens is 4. The third-order valence-corrected chi connectivity index (χ3v) is 5.80. The Morgan fingerprint density at radius 1 is 1.00 bits per heavy atom. The number of aliphatic hydroxyl groups is 1. The molecule has 0 unspecified atom stereocenters. The van der Waals surface area contributed by atoms with Gasteiger partial charge in [0.05, 0.1) is 19.0 Å². The van der Waals surface area contributed by atoms with Crippen molar-refractivity contribution >= 4 is 40.4 Å². The summed E-state index contributed by atoms with van der Waals surface area (Å²) in [5, 5.41) is 9.27. The van der Waals surface area contributed by atoms with Crippen LogP contribution in [0.1, 0.15) is 39.8 Å². The Kier molecular flexibility index (Phi) is 6.06. The standard InChI is InChI=1S/C24H20ClN5O4/c25-24-27-20-19(26-14-29(20)18-12-11-17(13-31)34-18)21(28-24)30(22(32)15-7-3-1-4-8-15)23(33)16-9-5-2-6-10-16/h1-10,14,17-18,31H,11-13H2/t17-,18+/m0/s1. The van der Waals surface area contributed by atoms with E-state index in [-0.39, 0.29) is 29.3 Å². The number of anilines is 1. The molecule has 0 saturated carbocycles. The molecule has 2 atom stereocenters. The molecular formula is C24H20ClN5O4. The number of fused-ring (bicyclic) bond motifs is 1. The van der Waals surface area contributed by atoms with Crippen LogP contribution in [0.25, 0.3) is 11.2 Å². The zero-order chi connectivity index (χ0) is 23.7. The minimum absolute atomic E-state index is 0.0202. The second-order valence-corrected chi connectivity index (χ2v) is 8.13. The van der Waals surface area contributed by atoms with Gasteiger partial charge in [-0.05, 0) is 48.7 Å². The number of nitrogens with zero attached hydrogens (tertiary/aromatic N) is 5. The lowest BCUT2D eigenvalue weighted by Gasteiger charge is -2.21. The summed E-state index contributed by atoms with van der Waals surface area (Å²) >= 11 is 6.27. The third kappa shape index (κ3) is 4.05. The second-order valence-electron chi connectivity index (χ2n) is 7.79. The highest BCUT2D eigenvalue weighted by Gasteiger charge is 2.33. The largest absolute Gasteiger partial charge is 0.394 e. The van der Waals surface area contributed by atoms with Gasteiger partial charge in [-0.15, -0.1) is 0 Å². The summed E-state index contributed by atoms with van der Waals surface area (Å²) in [7, 11) is 0. The van der Waals surface area contributed by atoms with E-state index in [0.717, 1.165) is 4.90 Å². The van der Waals surface area contributed by atoms with Gasteiger partial charge in [-0.3, -0.25) is 14.2 Å². The average molecular weight is 478 g/mol. The van der Waals surface area contributed by atoms with Gasteiger partial charge < -0.3 is 9.84 Å². The zero-order valence-corrected chi connectivity index (χ0v) is 18.7. The van der Waals surface area contributed by atoms with Crippen LogP contribution in [-0.2, 0) is 4.74 Å². The predicted molar refractivity (Wildman–Crippen MR) is 125 cm³/mol. The molecule has 1 fully saturated rings. The molecule has 0 aliphatic carbocycles. The smallest absolute Gasteiger partial charge is 0.266 e. The molecule has 1 aliphatic rings. The first-order valence-corrected chi connectivity index (χ1v) is 11.1. The Morgan fingerprint density at radius 2 is 1.62 bits per heavy atom. The molecule has 3 heterocycles. The molecule has 4 aromatic rings. The van der Waals surface area contributed by atoms with Crippen LogP contribution in [0.3, 0.4) is 0 Å². The van der Waals surface area contributed by atoms with Gasteiger partial charge >= 0.3 is 0 Å². The molecule has 0 bridgehead atoms. The third-order valence-electron chi connectivity index (χ3n) is 5.63. The molecule has 2 aromatic carbocycles. The Morgan fingerprint density at radius 3 is 2.18 bits per heavy atom. The van der Waals surface area contributed by atoms with Crippen molar-refractivity contribution in [3.8, 4) is 0 Å². The maximum absolute atomic E-state index is 13.6. The number of rotatable bonds is 5. The van der Waals surface area contributed by atoms with Crippen molar-refractivity contribution in [2.24, 2.45) is 0 Å². The summed E-state index contributed by atoms with van der Waals surface area (Å²) in [5.74, 6) is -1.16. The molecule has 2 amide bonds. The molecule has 2 aromatic heterocycles. The van der Waals surface area contributed by atoms with Crippen LogP contribution in [0.4, 0.5) is 5.82 Å². The highest BCUT2D eigenvalue weighted by Crippen LogP contribution is 2.33. The SMILES string of the molecule is O=C(c1ccccc1)N(C(=O)c1ccccc1)c1nc(Cl)nc2c1ncn2[C@H]1CC[C@@H](CO)O1. The summed E-state index contributed by atoms with van der Waals surface area (Å²) in [6.45, 7) is -0.0882. The summed E-state index contributed by atoms with van der Waals surface area (Å²) in [5.41, 5.74) is 1.16. The Hall–Kier alpha value is -3.66. The minimum Gasteiger partial charge on any atom is -0.394 e. The first-order chi connectivity index (χ1) is 16.6. The molecule has 0 radical (unpaired) electrons. The number of ether oxygens (including phenoxy) is 1. The molecule has 1 aliphatic heterocycles. The van der Waals surface area contributed by atoms with Crippen molar-refractivity contribution in [1.82, 2.24) is 19.5 Å². The number of aliphatic hydroxyl groups excluding tert-OH is 1. The fourth-order valence-electron chi connectivity index (χ4n) is 3.97. The molecule has 10 heteroatoms. The number of amides is 2. The van der Waals surface area contributed by atoms with Gasteiger partial charge in [-0.2, -0.15) is 9.97 Å². The van der Waals surface area contributed by atoms with Gasteiger partial charge in [0.1, 0.15) is 6.23 Å². The van der Waals surface area contributed by atoms with Crippen LogP contribution in [0, 0.1) is 0 Å². The molecule has 0 spiro atoms. The van der Waals surface area contributed by atoms with Crippen LogP contribution in [0.5, 0.6) is 0 Å². The van der Waals surface area contributed by atoms with Gasteiger partial charge in [-0.1, -0.05) is 36.4 Å². The summed E-state index contributed by atoms with van der Waals surface area (Å²) in [6.07, 6.45) is 2.14. The number of benzene rings is 2. The van der Waals surface area contributed by atoms with Crippen molar-refractivity contribution < 1.29 is 19.4 Å². The van der Waals surface area contributed by atoms with Crippen molar-refractivity contribution in [3.63, 3.8) is 0 Å². The van der Waals surface area contributed by atoms with Crippen molar-refractivity contribution in [2.45, 2.75) is 25.2 Å². The maximum atomic E-state index is 13.6. The highest BCUT2D eigenvalue weighted by atomic mass is 35.5. The van der Waals surface area contributed by atoms with Gasteiger partial charge in [0, 0.05) is 11.1 Å². The first kappa shape index (κ1) is 22.1. The molecule has 1 saturated heterocycles. The van der Waals surface area contributed by atoms with Crippen molar-refractivity contribution in [1.29, 1.82) is 0 Å². The predicted octanol–water partition coefficient (Wildman–Crippen LogP) is 3.64.